The summed E-state index contributed by atoms with van der Waals surface area (Å²) in [5.74, 6) is -1.26. The third kappa shape index (κ3) is 2.72. The average Bonchev–Trinajstić information content (AvgIpc) is 2.90. The van der Waals surface area contributed by atoms with Crippen molar-refractivity contribution in [3.63, 3.8) is 0 Å². The summed E-state index contributed by atoms with van der Waals surface area (Å²) in [6.07, 6.45) is 1.26. The Hall–Kier alpha value is -1.92. The lowest BCUT2D eigenvalue weighted by atomic mass is 9.96. The van der Waals surface area contributed by atoms with E-state index in [2.05, 4.69) is 4.90 Å². The van der Waals surface area contributed by atoms with Gasteiger partial charge in [0.25, 0.3) is 5.91 Å². The van der Waals surface area contributed by atoms with Crippen molar-refractivity contribution in [3.05, 3.63) is 35.4 Å². The Morgan fingerprint density at radius 3 is 2.52 bits per heavy atom. The number of rotatable bonds is 2. The van der Waals surface area contributed by atoms with Crippen LogP contribution in [0.1, 0.15) is 28.8 Å². The zero-order valence-electron chi connectivity index (χ0n) is 13.5. The number of likely N-dealkylation sites (tertiary alicyclic amines) is 1. The zero-order chi connectivity index (χ0) is 16.6. The monoisotopic (exact) mass is 318 g/mol. The van der Waals surface area contributed by atoms with E-state index in [4.69, 9.17) is 4.74 Å². The predicted octanol–water partition coefficient (Wildman–Crippen LogP) is 1.34. The molecule has 1 amide bonds. The lowest BCUT2D eigenvalue weighted by Gasteiger charge is -2.43. The second-order valence-electron chi connectivity index (χ2n) is 6.40. The van der Waals surface area contributed by atoms with Gasteiger partial charge in [-0.25, -0.2) is 4.79 Å². The van der Waals surface area contributed by atoms with Gasteiger partial charge in [-0.3, -0.25) is 9.69 Å². The molecule has 3 rings (SSSR count). The van der Waals surface area contributed by atoms with Crippen molar-refractivity contribution in [1.82, 2.24) is 9.80 Å². The van der Waals surface area contributed by atoms with E-state index < -0.39 is 17.7 Å². The number of nitrogens with zero attached hydrogens (tertiary/aromatic N) is 2. The molecule has 1 spiro atoms. The predicted molar refractivity (Wildman–Crippen MR) is 84.2 cm³/mol. The number of piperidine rings is 1. The maximum atomic E-state index is 13.1. The molecule has 1 aromatic carbocycles. The minimum atomic E-state index is -1.01. The van der Waals surface area contributed by atoms with Gasteiger partial charge in [-0.05, 0) is 25.6 Å². The largest absolute Gasteiger partial charge is 0.480 e. The van der Waals surface area contributed by atoms with Crippen molar-refractivity contribution in [2.75, 3.05) is 26.7 Å². The third-order valence-corrected chi connectivity index (χ3v) is 4.91. The summed E-state index contributed by atoms with van der Waals surface area (Å²) in [5, 5.41) is 9.53. The van der Waals surface area contributed by atoms with Gasteiger partial charge in [-0.2, -0.15) is 0 Å². The molecule has 1 atom stereocenters. The van der Waals surface area contributed by atoms with Gasteiger partial charge in [0.15, 0.2) is 6.04 Å². The van der Waals surface area contributed by atoms with Crippen LogP contribution in [0, 0.1) is 6.92 Å². The molecule has 23 heavy (non-hydrogen) atoms. The molecule has 1 aromatic rings. The molecule has 124 valence electrons. The molecule has 2 heterocycles. The van der Waals surface area contributed by atoms with Crippen molar-refractivity contribution < 1.29 is 19.4 Å². The molecule has 1 N–H and O–H groups in total. The Morgan fingerprint density at radius 2 is 1.91 bits per heavy atom. The maximum absolute atomic E-state index is 13.1. The van der Waals surface area contributed by atoms with E-state index in [1.165, 1.54) is 4.90 Å². The van der Waals surface area contributed by atoms with E-state index in [0.29, 0.717) is 18.4 Å². The van der Waals surface area contributed by atoms with Gasteiger partial charge >= 0.3 is 5.97 Å². The van der Waals surface area contributed by atoms with Crippen LogP contribution in [-0.4, -0.2) is 65.3 Å². The maximum Gasteiger partial charge on any atom is 0.328 e. The molecule has 2 fully saturated rings. The van der Waals surface area contributed by atoms with Gasteiger partial charge < -0.3 is 14.7 Å². The number of carboxylic acids is 1. The number of hydrogen-bond acceptors (Lipinski definition) is 4. The van der Waals surface area contributed by atoms with E-state index in [0.717, 1.165) is 18.7 Å². The molecular formula is C17H22N2O4. The molecule has 0 bridgehead atoms. The first-order valence-electron chi connectivity index (χ1n) is 7.89. The highest BCUT2D eigenvalue weighted by Crippen LogP contribution is 2.38. The van der Waals surface area contributed by atoms with Crippen molar-refractivity contribution in [2.24, 2.45) is 0 Å². The number of aliphatic carboxylic acids is 1. The van der Waals surface area contributed by atoms with Crippen LogP contribution in [0.4, 0.5) is 0 Å². The molecule has 0 aliphatic carbocycles. The summed E-state index contributed by atoms with van der Waals surface area (Å²) >= 11 is 0. The van der Waals surface area contributed by atoms with Gasteiger partial charge in [-0.1, -0.05) is 18.2 Å². The first-order valence-corrected chi connectivity index (χ1v) is 7.89. The fourth-order valence-corrected chi connectivity index (χ4v) is 3.47. The summed E-state index contributed by atoms with van der Waals surface area (Å²) in [6, 6.07) is 6.35. The second kappa shape index (κ2) is 5.94. The Kier molecular flexibility index (Phi) is 4.12. The number of aryl methyl sites for hydroxylation is 1. The number of benzene rings is 1. The molecule has 6 heteroatoms. The standard InChI is InChI=1S/C17H22N2O4/c1-12-5-3-4-6-13(12)15(20)19-14(16(21)22)11-23-17(19)7-9-18(2)10-8-17/h3-6,14H,7-11H2,1-2H3,(H,21,22)/t14-/m1/s1. The first kappa shape index (κ1) is 16.0. The smallest absolute Gasteiger partial charge is 0.328 e. The fourth-order valence-electron chi connectivity index (χ4n) is 3.47. The van der Waals surface area contributed by atoms with Crippen molar-refractivity contribution in [3.8, 4) is 0 Å². The molecule has 0 aromatic heterocycles. The topological polar surface area (TPSA) is 70.1 Å². The quantitative estimate of drug-likeness (QED) is 0.891. The third-order valence-electron chi connectivity index (χ3n) is 4.91. The van der Waals surface area contributed by atoms with E-state index >= 15 is 0 Å². The van der Waals surface area contributed by atoms with E-state index in [9.17, 15) is 14.7 Å². The van der Waals surface area contributed by atoms with Crippen LogP contribution < -0.4 is 0 Å². The molecular weight excluding hydrogens is 296 g/mol. The summed E-state index contributed by atoms with van der Waals surface area (Å²) in [7, 11) is 2.02. The number of amides is 1. The SMILES string of the molecule is Cc1ccccc1C(=O)N1[C@@H](C(=O)O)COC12CCN(C)CC2. The van der Waals surface area contributed by atoms with Crippen molar-refractivity contribution in [1.29, 1.82) is 0 Å². The molecule has 2 aliphatic rings. The van der Waals surface area contributed by atoms with Gasteiger partial charge in [0.05, 0.1) is 6.61 Å². The highest BCUT2D eigenvalue weighted by Gasteiger charge is 2.53. The zero-order valence-corrected chi connectivity index (χ0v) is 13.5. The number of carboxylic acid groups (broad SMARTS) is 1. The van der Waals surface area contributed by atoms with Crippen LogP contribution in [0.15, 0.2) is 24.3 Å². The van der Waals surface area contributed by atoms with Gasteiger partial charge in [0.1, 0.15) is 5.72 Å². The lowest BCUT2D eigenvalue weighted by Crippen LogP contribution is -2.57. The van der Waals surface area contributed by atoms with Gasteiger partial charge in [-0.15, -0.1) is 0 Å². The first-order chi connectivity index (χ1) is 10.9. The number of ether oxygens (including phenoxy) is 1. The normalized spacial score (nSPS) is 24.1. The van der Waals surface area contributed by atoms with Crippen LogP contribution in [0.3, 0.4) is 0 Å². The van der Waals surface area contributed by atoms with E-state index in [1.54, 1.807) is 12.1 Å². The van der Waals surface area contributed by atoms with E-state index in [1.807, 2.05) is 26.1 Å². The van der Waals surface area contributed by atoms with E-state index in [-0.39, 0.29) is 12.5 Å². The minimum Gasteiger partial charge on any atom is -0.480 e. The number of hydrogen-bond donors (Lipinski definition) is 1. The summed E-state index contributed by atoms with van der Waals surface area (Å²) in [5.41, 5.74) is 0.591. The number of carbonyl (C=O) groups excluding carboxylic acids is 1. The molecule has 2 aliphatic heterocycles. The fraction of sp³-hybridized carbons (Fsp3) is 0.529. The van der Waals surface area contributed by atoms with Gasteiger partial charge in [0.2, 0.25) is 0 Å². The lowest BCUT2D eigenvalue weighted by molar-refractivity contribution is -0.143. The molecule has 0 radical (unpaired) electrons. The highest BCUT2D eigenvalue weighted by molar-refractivity contribution is 5.98. The summed E-state index contributed by atoms with van der Waals surface area (Å²) < 4.78 is 5.90. The van der Waals surface area contributed by atoms with Gasteiger partial charge in [0, 0.05) is 31.5 Å². The summed E-state index contributed by atoms with van der Waals surface area (Å²) in [6.45, 7) is 3.48. The highest BCUT2D eigenvalue weighted by atomic mass is 16.5. The Morgan fingerprint density at radius 1 is 1.26 bits per heavy atom. The van der Waals surface area contributed by atoms with Crippen LogP contribution >= 0.6 is 0 Å². The molecule has 0 unspecified atom stereocenters. The Balaban J connectivity index is 1.98. The van der Waals surface area contributed by atoms with Crippen molar-refractivity contribution in [2.45, 2.75) is 31.5 Å². The van der Waals surface area contributed by atoms with Crippen LogP contribution in [0.5, 0.6) is 0 Å². The van der Waals surface area contributed by atoms with Crippen molar-refractivity contribution >= 4 is 11.9 Å². The summed E-state index contributed by atoms with van der Waals surface area (Å²) in [4.78, 5) is 28.4. The Labute approximate surface area is 135 Å². The molecule has 6 nitrogen and oxygen atoms in total. The molecule has 2 saturated heterocycles. The van der Waals surface area contributed by atoms with Crippen LogP contribution in [-0.2, 0) is 9.53 Å². The number of carbonyl (C=O) groups is 2. The second-order valence-corrected chi connectivity index (χ2v) is 6.40. The minimum absolute atomic E-state index is 0.0523. The van der Waals surface area contributed by atoms with Crippen LogP contribution in [0.25, 0.3) is 0 Å². The van der Waals surface area contributed by atoms with Crippen LogP contribution in [0.2, 0.25) is 0 Å². The average molecular weight is 318 g/mol. The molecule has 0 saturated carbocycles. The Bertz CT molecular complexity index is 623.